The Labute approximate surface area is 72.2 Å². The van der Waals surface area contributed by atoms with Crippen LogP contribution in [0.5, 0.6) is 0 Å². The summed E-state index contributed by atoms with van der Waals surface area (Å²) < 4.78 is 14.9. The first-order valence-corrected chi connectivity index (χ1v) is 5.64. The molecular weight excluding hydrogens is 179 g/mol. The molecule has 0 heterocycles. The van der Waals surface area contributed by atoms with Gasteiger partial charge < -0.3 is 9.79 Å². The van der Waals surface area contributed by atoms with Gasteiger partial charge in [0, 0.05) is 0 Å². The van der Waals surface area contributed by atoms with Gasteiger partial charge in [-0.25, -0.2) is 4.57 Å². The van der Waals surface area contributed by atoms with E-state index in [1.807, 2.05) is 6.92 Å². The molecule has 0 atom stereocenters. The highest BCUT2D eigenvalue weighted by atomic mass is 31.2. The van der Waals surface area contributed by atoms with Crippen molar-refractivity contribution in [3.8, 4) is 0 Å². The molecule has 0 aromatic rings. The standard InChI is InChI=1S/C7H15O4P/c1-7(4-2-3-5-7)6-11-12(8,9)10/h2-6H2,1H3,(H2,8,9,10). The molecule has 4 nitrogen and oxygen atoms in total. The Kier molecular flexibility index (Phi) is 2.94. The Morgan fingerprint density at radius 1 is 1.42 bits per heavy atom. The van der Waals surface area contributed by atoms with E-state index >= 15 is 0 Å². The molecule has 0 spiro atoms. The van der Waals surface area contributed by atoms with E-state index in [4.69, 9.17) is 9.79 Å². The minimum atomic E-state index is -4.26. The van der Waals surface area contributed by atoms with Gasteiger partial charge in [0.25, 0.3) is 0 Å². The van der Waals surface area contributed by atoms with E-state index in [1.54, 1.807) is 0 Å². The van der Waals surface area contributed by atoms with Crippen molar-refractivity contribution in [3.05, 3.63) is 0 Å². The maximum atomic E-state index is 10.4. The number of hydrogen-bond donors (Lipinski definition) is 2. The van der Waals surface area contributed by atoms with Crippen molar-refractivity contribution in [2.45, 2.75) is 32.6 Å². The molecule has 0 radical (unpaired) electrons. The van der Waals surface area contributed by atoms with Crippen molar-refractivity contribution in [1.82, 2.24) is 0 Å². The van der Waals surface area contributed by atoms with E-state index in [0.717, 1.165) is 25.7 Å². The van der Waals surface area contributed by atoms with Gasteiger partial charge in [-0.15, -0.1) is 0 Å². The average molecular weight is 194 g/mol. The quantitative estimate of drug-likeness (QED) is 0.670. The summed E-state index contributed by atoms with van der Waals surface area (Å²) in [6.07, 6.45) is 4.29. The smallest absolute Gasteiger partial charge is 0.303 e. The van der Waals surface area contributed by atoms with Crippen LogP contribution in [0.3, 0.4) is 0 Å². The maximum absolute atomic E-state index is 10.4. The zero-order valence-corrected chi connectivity index (χ0v) is 8.09. The summed E-state index contributed by atoms with van der Waals surface area (Å²) in [6.45, 7) is 2.19. The Balaban J connectivity index is 2.35. The van der Waals surface area contributed by atoms with Crippen LogP contribution < -0.4 is 0 Å². The molecule has 72 valence electrons. The van der Waals surface area contributed by atoms with Gasteiger partial charge in [-0.1, -0.05) is 19.8 Å². The van der Waals surface area contributed by atoms with E-state index in [2.05, 4.69) is 4.52 Å². The summed E-state index contributed by atoms with van der Waals surface area (Å²) in [4.78, 5) is 17.0. The molecule has 1 saturated carbocycles. The summed E-state index contributed by atoms with van der Waals surface area (Å²) in [5.74, 6) is 0. The largest absolute Gasteiger partial charge is 0.469 e. The van der Waals surface area contributed by atoms with E-state index in [1.165, 1.54) is 0 Å². The number of phosphoric ester groups is 1. The maximum Gasteiger partial charge on any atom is 0.469 e. The van der Waals surface area contributed by atoms with Crippen molar-refractivity contribution in [2.75, 3.05) is 6.61 Å². The van der Waals surface area contributed by atoms with Gasteiger partial charge in [0.05, 0.1) is 6.61 Å². The fourth-order valence-corrected chi connectivity index (χ4v) is 2.09. The summed E-state index contributed by atoms with van der Waals surface area (Å²) >= 11 is 0. The second kappa shape index (κ2) is 3.46. The summed E-state index contributed by atoms with van der Waals surface area (Å²) in [6, 6.07) is 0. The first-order valence-electron chi connectivity index (χ1n) is 4.11. The van der Waals surface area contributed by atoms with Crippen LogP contribution in [0.25, 0.3) is 0 Å². The van der Waals surface area contributed by atoms with Crippen molar-refractivity contribution >= 4 is 7.82 Å². The predicted molar refractivity (Wildman–Crippen MR) is 44.6 cm³/mol. The molecule has 12 heavy (non-hydrogen) atoms. The number of phosphoric acid groups is 1. The van der Waals surface area contributed by atoms with Crippen LogP contribution in [0.15, 0.2) is 0 Å². The van der Waals surface area contributed by atoms with E-state index < -0.39 is 7.82 Å². The zero-order valence-electron chi connectivity index (χ0n) is 7.19. The lowest BCUT2D eigenvalue weighted by atomic mass is 9.90. The Bertz CT molecular complexity index is 192. The van der Waals surface area contributed by atoms with E-state index in [9.17, 15) is 4.57 Å². The molecule has 0 bridgehead atoms. The first-order chi connectivity index (χ1) is 5.41. The zero-order chi connectivity index (χ0) is 9.24. The molecule has 0 aromatic heterocycles. The third-order valence-corrected chi connectivity index (χ3v) is 2.86. The molecule has 1 aliphatic rings. The fourth-order valence-electron chi connectivity index (χ4n) is 1.61. The van der Waals surface area contributed by atoms with Crippen LogP contribution in [-0.2, 0) is 9.09 Å². The van der Waals surface area contributed by atoms with Crippen molar-refractivity contribution in [1.29, 1.82) is 0 Å². The van der Waals surface area contributed by atoms with Crippen LogP contribution in [0.4, 0.5) is 0 Å². The summed E-state index contributed by atoms with van der Waals surface area (Å²) in [5.41, 5.74) is -0.0128. The number of hydrogen-bond acceptors (Lipinski definition) is 2. The first kappa shape index (κ1) is 10.2. The predicted octanol–water partition coefficient (Wildman–Crippen LogP) is 1.68. The van der Waals surface area contributed by atoms with Gasteiger partial charge in [-0.2, -0.15) is 0 Å². The van der Waals surface area contributed by atoms with Crippen LogP contribution in [0.1, 0.15) is 32.6 Å². The molecule has 1 aliphatic carbocycles. The van der Waals surface area contributed by atoms with E-state index in [-0.39, 0.29) is 12.0 Å². The minimum Gasteiger partial charge on any atom is -0.303 e. The Morgan fingerprint density at radius 2 is 1.92 bits per heavy atom. The van der Waals surface area contributed by atoms with Gasteiger partial charge in [-0.3, -0.25) is 4.52 Å². The molecule has 1 fully saturated rings. The highest BCUT2D eigenvalue weighted by Crippen LogP contribution is 2.43. The fraction of sp³-hybridized carbons (Fsp3) is 1.00. The van der Waals surface area contributed by atoms with Crippen molar-refractivity contribution < 1.29 is 18.9 Å². The third kappa shape index (κ3) is 3.23. The number of rotatable bonds is 3. The highest BCUT2D eigenvalue weighted by Gasteiger charge is 2.31. The highest BCUT2D eigenvalue weighted by molar-refractivity contribution is 7.46. The second-order valence-corrected chi connectivity index (χ2v) is 5.02. The van der Waals surface area contributed by atoms with Crippen LogP contribution in [0, 0.1) is 5.41 Å². The van der Waals surface area contributed by atoms with Crippen molar-refractivity contribution in [3.63, 3.8) is 0 Å². The molecule has 5 heteroatoms. The average Bonchev–Trinajstić information content (AvgIpc) is 2.32. The summed E-state index contributed by atoms with van der Waals surface area (Å²) in [5, 5.41) is 0. The lowest BCUT2D eigenvalue weighted by molar-refractivity contribution is 0.121. The minimum absolute atomic E-state index is 0.0128. The third-order valence-electron chi connectivity index (χ3n) is 2.39. The molecule has 0 saturated heterocycles. The van der Waals surface area contributed by atoms with Crippen LogP contribution >= 0.6 is 7.82 Å². The van der Waals surface area contributed by atoms with Crippen molar-refractivity contribution in [2.24, 2.45) is 5.41 Å². The van der Waals surface area contributed by atoms with Gasteiger partial charge in [-0.05, 0) is 18.3 Å². The van der Waals surface area contributed by atoms with Crippen LogP contribution in [-0.4, -0.2) is 16.4 Å². The van der Waals surface area contributed by atoms with Gasteiger partial charge in [0.1, 0.15) is 0 Å². The molecular formula is C7H15O4P. The normalized spacial score (nSPS) is 22.9. The van der Waals surface area contributed by atoms with Crippen LogP contribution in [0.2, 0.25) is 0 Å². The molecule has 0 aliphatic heterocycles. The lowest BCUT2D eigenvalue weighted by Crippen LogP contribution is -2.18. The van der Waals surface area contributed by atoms with Gasteiger partial charge in [0.15, 0.2) is 0 Å². The lowest BCUT2D eigenvalue weighted by Gasteiger charge is -2.22. The Hall–Kier alpha value is 0.110. The second-order valence-electron chi connectivity index (χ2n) is 3.78. The topological polar surface area (TPSA) is 66.8 Å². The SMILES string of the molecule is CC1(COP(=O)(O)O)CCCC1. The van der Waals surface area contributed by atoms with Gasteiger partial charge in [0.2, 0.25) is 0 Å². The molecule has 0 unspecified atom stereocenters. The molecule has 2 N–H and O–H groups in total. The molecule has 1 rings (SSSR count). The molecule has 0 amide bonds. The molecule has 0 aromatic carbocycles. The van der Waals surface area contributed by atoms with Gasteiger partial charge >= 0.3 is 7.82 Å². The van der Waals surface area contributed by atoms with E-state index in [0.29, 0.717) is 0 Å². The monoisotopic (exact) mass is 194 g/mol. The summed E-state index contributed by atoms with van der Waals surface area (Å²) in [7, 11) is -4.26. The Morgan fingerprint density at radius 3 is 2.33 bits per heavy atom.